The lowest BCUT2D eigenvalue weighted by atomic mass is 9.95. The second kappa shape index (κ2) is 4.37. The fourth-order valence-corrected chi connectivity index (χ4v) is 2.24. The Balaban J connectivity index is 2.29. The molecule has 0 bridgehead atoms. The number of likely N-dealkylation sites (N-methyl/N-ethyl adjacent to an activating group) is 1. The number of morpholine rings is 1. The Morgan fingerprint density at radius 2 is 2.25 bits per heavy atom. The monoisotopic (exact) mass is 225 g/mol. The van der Waals surface area contributed by atoms with E-state index in [9.17, 15) is 9.18 Å². The van der Waals surface area contributed by atoms with Crippen molar-refractivity contribution in [3.05, 3.63) is 23.6 Å². The molecule has 16 heavy (non-hydrogen) atoms. The summed E-state index contributed by atoms with van der Waals surface area (Å²) in [7, 11) is 0. The maximum Gasteiger partial charge on any atom is 0.249 e. The van der Waals surface area contributed by atoms with Crippen LogP contribution in [0.1, 0.15) is 20.3 Å². The summed E-state index contributed by atoms with van der Waals surface area (Å²) in [5.41, 5.74) is 0.665. The van der Waals surface area contributed by atoms with Crippen LogP contribution >= 0.6 is 0 Å². The zero-order valence-corrected chi connectivity index (χ0v) is 9.57. The van der Waals surface area contributed by atoms with E-state index in [1.165, 1.54) is 6.08 Å². The first-order valence-electron chi connectivity index (χ1n) is 5.66. The summed E-state index contributed by atoms with van der Waals surface area (Å²) in [4.78, 5) is 13.4. The standard InChI is InChI=1S/C12H16FNO2/c1-3-8-5-10-11(6-9(8)13)16-7-12(15)14(10)4-2/h5-6,10-11H,3-4,7H2,1-2H3. The summed E-state index contributed by atoms with van der Waals surface area (Å²) in [6, 6.07) is -0.138. The van der Waals surface area contributed by atoms with Crippen LogP contribution in [0.15, 0.2) is 23.6 Å². The number of ether oxygens (including phenoxy) is 1. The van der Waals surface area contributed by atoms with Gasteiger partial charge < -0.3 is 9.64 Å². The summed E-state index contributed by atoms with van der Waals surface area (Å²) in [5.74, 6) is -0.236. The van der Waals surface area contributed by atoms with Gasteiger partial charge in [-0.3, -0.25) is 4.79 Å². The summed E-state index contributed by atoms with van der Waals surface area (Å²) < 4.78 is 18.9. The molecule has 2 aliphatic rings. The van der Waals surface area contributed by atoms with Gasteiger partial charge in [-0.2, -0.15) is 0 Å². The predicted octanol–water partition coefficient (Wildman–Crippen LogP) is 1.81. The first-order valence-corrected chi connectivity index (χ1v) is 5.66. The van der Waals surface area contributed by atoms with Gasteiger partial charge in [0.15, 0.2) is 0 Å². The van der Waals surface area contributed by atoms with Gasteiger partial charge in [-0.15, -0.1) is 0 Å². The highest BCUT2D eigenvalue weighted by atomic mass is 19.1. The number of hydrogen-bond acceptors (Lipinski definition) is 2. The number of rotatable bonds is 2. The van der Waals surface area contributed by atoms with Crippen LogP contribution in [0, 0.1) is 0 Å². The van der Waals surface area contributed by atoms with E-state index in [4.69, 9.17) is 4.74 Å². The SMILES string of the molecule is CCC1=CC2C(C=C1F)OCC(=O)N2CC. The molecule has 1 aliphatic heterocycles. The number of hydrogen-bond donors (Lipinski definition) is 0. The van der Waals surface area contributed by atoms with Crippen molar-refractivity contribution in [2.24, 2.45) is 0 Å². The molecule has 88 valence electrons. The summed E-state index contributed by atoms with van der Waals surface area (Å²) in [5, 5.41) is 0. The number of carbonyl (C=O) groups excluding carboxylic acids is 1. The van der Waals surface area contributed by atoms with E-state index < -0.39 is 0 Å². The molecule has 0 N–H and O–H groups in total. The fourth-order valence-electron chi connectivity index (χ4n) is 2.24. The molecule has 0 saturated carbocycles. The van der Waals surface area contributed by atoms with Crippen molar-refractivity contribution in [2.45, 2.75) is 32.4 Å². The summed E-state index contributed by atoms with van der Waals surface area (Å²) in [6.07, 6.45) is 3.61. The van der Waals surface area contributed by atoms with Gasteiger partial charge in [-0.25, -0.2) is 4.39 Å². The lowest BCUT2D eigenvalue weighted by Gasteiger charge is -2.39. The van der Waals surface area contributed by atoms with E-state index in [2.05, 4.69) is 0 Å². The lowest BCUT2D eigenvalue weighted by molar-refractivity contribution is -0.150. The van der Waals surface area contributed by atoms with Crippen LogP contribution in [0.3, 0.4) is 0 Å². The molecule has 1 aliphatic carbocycles. The predicted molar refractivity (Wildman–Crippen MR) is 58.5 cm³/mol. The molecule has 1 fully saturated rings. The minimum Gasteiger partial charge on any atom is -0.362 e. The zero-order valence-electron chi connectivity index (χ0n) is 9.57. The molecule has 2 rings (SSSR count). The van der Waals surface area contributed by atoms with E-state index >= 15 is 0 Å². The average Bonchev–Trinajstić information content (AvgIpc) is 2.28. The fraction of sp³-hybridized carbons (Fsp3) is 0.583. The van der Waals surface area contributed by atoms with E-state index in [-0.39, 0.29) is 30.5 Å². The molecule has 0 spiro atoms. The number of fused-ring (bicyclic) bond motifs is 1. The second-order valence-electron chi connectivity index (χ2n) is 4.01. The third-order valence-electron chi connectivity index (χ3n) is 3.13. The van der Waals surface area contributed by atoms with Crippen molar-refractivity contribution in [1.29, 1.82) is 0 Å². The van der Waals surface area contributed by atoms with Crippen molar-refractivity contribution >= 4 is 5.91 Å². The minimum atomic E-state index is -0.326. The topological polar surface area (TPSA) is 29.5 Å². The molecule has 1 amide bonds. The van der Waals surface area contributed by atoms with Crippen molar-refractivity contribution in [3.8, 4) is 0 Å². The molecular formula is C12H16FNO2. The van der Waals surface area contributed by atoms with Crippen molar-refractivity contribution in [3.63, 3.8) is 0 Å². The van der Waals surface area contributed by atoms with Crippen LogP contribution in [-0.4, -0.2) is 36.1 Å². The highest BCUT2D eigenvalue weighted by molar-refractivity contribution is 5.79. The third kappa shape index (κ3) is 1.78. The van der Waals surface area contributed by atoms with Crippen molar-refractivity contribution < 1.29 is 13.9 Å². The Kier molecular flexibility index (Phi) is 3.10. The van der Waals surface area contributed by atoms with E-state index in [0.29, 0.717) is 18.5 Å². The first-order chi connectivity index (χ1) is 7.67. The zero-order chi connectivity index (χ0) is 11.7. The van der Waals surface area contributed by atoms with Crippen LogP contribution in [0.2, 0.25) is 0 Å². The van der Waals surface area contributed by atoms with Gasteiger partial charge in [-0.05, 0) is 25.0 Å². The Bertz CT molecular complexity index is 362. The number of amides is 1. The Labute approximate surface area is 94.6 Å². The lowest BCUT2D eigenvalue weighted by Crippen LogP contribution is -2.53. The van der Waals surface area contributed by atoms with Gasteiger partial charge in [0.2, 0.25) is 5.91 Å². The molecule has 0 radical (unpaired) electrons. The molecule has 3 nitrogen and oxygen atoms in total. The molecule has 0 aromatic heterocycles. The normalized spacial score (nSPS) is 29.7. The molecule has 4 heteroatoms. The van der Waals surface area contributed by atoms with Gasteiger partial charge in [-0.1, -0.05) is 13.0 Å². The summed E-state index contributed by atoms with van der Waals surface area (Å²) >= 11 is 0. The average molecular weight is 225 g/mol. The van der Waals surface area contributed by atoms with E-state index in [0.717, 1.165) is 0 Å². The number of carbonyl (C=O) groups is 1. The molecule has 0 aromatic rings. The summed E-state index contributed by atoms with van der Waals surface area (Å²) in [6.45, 7) is 4.51. The van der Waals surface area contributed by atoms with Crippen LogP contribution in [0.5, 0.6) is 0 Å². The van der Waals surface area contributed by atoms with Gasteiger partial charge >= 0.3 is 0 Å². The largest absolute Gasteiger partial charge is 0.362 e. The van der Waals surface area contributed by atoms with Crippen LogP contribution < -0.4 is 0 Å². The number of allylic oxidation sites excluding steroid dienone is 2. The highest BCUT2D eigenvalue weighted by Crippen LogP contribution is 2.29. The molecular weight excluding hydrogens is 209 g/mol. The highest BCUT2D eigenvalue weighted by Gasteiger charge is 2.36. The Morgan fingerprint density at radius 1 is 1.50 bits per heavy atom. The maximum atomic E-state index is 13.6. The van der Waals surface area contributed by atoms with Gasteiger partial charge in [0.1, 0.15) is 18.5 Å². The van der Waals surface area contributed by atoms with Crippen molar-refractivity contribution in [1.82, 2.24) is 4.90 Å². The first kappa shape index (κ1) is 11.3. The second-order valence-corrected chi connectivity index (χ2v) is 4.01. The molecule has 1 saturated heterocycles. The molecule has 1 heterocycles. The smallest absolute Gasteiger partial charge is 0.249 e. The quantitative estimate of drug-likeness (QED) is 0.717. The van der Waals surface area contributed by atoms with Gasteiger partial charge in [0.05, 0.1) is 6.04 Å². The van der Waals surface area contributed by atoms with Gasteiger partial charge in [0.25, 0.3) is 0 Å². The Morgan fingerprint density at radius 3 is 2.88 bits per heavy atom. The van der Waals surface area contributed by atoms with Crippen molar-refractivity contribution in [2.75, 3.05) is 13.2 Å². The minimum absolute atomic E-state index is 0.0221. The third-order valence-corrected chi connectivity index (χ3v) is 3.13. The van der Waals surface area contributed by atoms with Crippen LogP contribution in [-0.2, 0) is 9.53 Å². The molecule has 0 aromatic carbocycles. The number of halogens is 1. The van der Waals surface area contributed by atoms with Crippen LogP contribution in [0.4, 0.5) is 4.39 Å². The van der Waals surface area contributed by atoms with Crippen LogP contribution in [0.25, 0.3) is 0 Å². The maximum absolute atomic E-state index is 13.6. The van der Waals surface area contributed by atoms with Gasteiger partial charge in [0, 0.05) is 6.54 Å². The molecule has 2 atom stereocenters. The Hall–Kier alpha value is -1.16. The molecule has 2 unspecified atom stereocenters. The van der Waals surface area contributed by atoms with E-state index in [1.54, 1.807) is 4.90 Å². The number of nitrogens with zero attached hydrogens (tertiary/aromatic N) is 1. The van der Waals surface area contributed by atoms with E-state index in [1.807, 2.05) is 19.9 Å².